The fourth-order valence-corrected chi connectivity index (χ4v) is 2.74. The van der Waals surface area contributed by atoms with E-state index in [0.717, 1.165) is 22.7 Å². The molecule has 1 aliphatic rings. The van der Waals surface area contributed by atoms with E-state index in [1.54, 1.807) is 0 Å². The van der Waals surface area contributed by atoms with Gasteiger partial charge in [-0.15, -0.1) is 0 Å². The Bertz CT molecular complexity index is 723. The quantitative estimate of drug-likeness (QED) is 0.856. The van der Waals surface area contributed by atoms with Crippen LogP contribution in [0.1, 0.15) is 23.1 Å². The van der Waals surface area contributed by atoms with Crippen molar-refractivity contribution in [3.05, 3.63) is 53.1 Å². The number of carbonyl (C=O) groups is 1. The first-order chi connectivity index (χ1) is 11.6. The molecule has 0 unspecified atom stereocenters. The highest BCUT2D eigenvalue weighted by molar-refractivity contribution is 5.76. The predicted octanol–water partition coefficient (Wildman–Crippen LogP) is 3.15. The molecular formula is C19H22N2O3. The van der Waals surface area contributed by atoms with Crippen LogP contribution in [0.2, 0.25) is 0 Å². The molecule has 0 spiro atoms. The molecule has 2 aromatic rings. The Kier molecular flexibility index (Phi) is 4.89. The third-order valence-corrected chi connectivity index (χ3v) is 3.83. The molecule has 2 N–H and O–H groups in total. The van der Waals surface area contributed by atoms with Crippen LogP contribution in [-0.2, 0) is 11.3 Å². The van der Waals surface area contributed by atoms with Gasteiger partial charge in [0.1, 0.15) is 0 Å². The van der Waals surface area contributed by atoms with Crippen LogP contribution in [0, 0.1) is 13.8 Å². The van der Waals surface area contributed by atoms with Gasteiger partial charge >= 0.3 is 0 Å². The van der Waals surface area contributed by atoms with E-state index in [0.29, 0.717) is 19.5 Å². The molecule has 2 aromatic carbocycles. The van der Waals surface area contributed by atoms with E-state index in [1.807, 2.05) is 18.2 Å². The smallest absolute Gasteiger partial charge is 0.231 e. The summed E-state index contributed by atoms with van der Waals surface area (Å²) in [5.74, 6) is 1.51. The van der Waals surface area contributed by atoms with Gasteiger partial charge in [-0.05, 0) is 54.8 Å². The minimum absolute atomic E-state index is 0.0181. The number of nitrogens with one attached hydrogen (secondary N) is 2. The average molecular weight is 326 g/mol. The zero-order valence-corrected chi connectivity index (χ0v) is 14.0. The highest BCUT2D eigenvalue weighted by atomic mass is 16.7. The zero-order valence-electron chi connectivity index (χ0n) is 14.0. The fourth-order valence-electron chi connectivity index (χ4n) is 2.74. The fraction of sp³-hybridized carbons (Fsp3) is 0.316. The Labute approximate surface area is 142 Å². The van der Waals surface area contributed by atoms with Crippen molar-refractivity contribution < 1.29 is 14.3 Å². The molecule has 1 aliphatic heterocycles. The highest BCUT2D eigenvalue weighted by Crippen LogP contribution is 2.32. The van der Waals surface area contributed by atoms with Crippen LogP contribution in [0.4, 0.5) is 5.69 Å². The van der Waals surface area contributed by atoms with Crippen molar-refractivity contribution in [1.29, 1.82) is 0 Å². The van der Waals surface area contributed by atoms with Gasteiger partial charge in [0.25, 0.3) is 0 Å². The van der Waals surface area contributed by atoms with Crippen LogP contribution in [0.25, 0.3) is 0 Å². The maximum Gasteiger partial charge on any atom is 0.231 e. The number of amides is 1. The van der Waals surface area contributed by atoms with Crippen LogP contribution in [0.3, 0.4) is 0 Å². The summed E-state index contributed by atoms with van der Waals surface area (Å²) in [4.78, 5) is 12.0. The van der Waals surface area contributed by atoms with Gasteiger partial charge in [0.2, 0.25) is 12.7 Å². The predicted molar refractivity (Wildman–Crippen MR) is 93.4 cm³/mol. The minimum Gasteiger partial charge on any atom is -0.454 e. The van der Waals surface area contributed by atoms with E-state index in [-0.39, 0.29) is 12.7 Å². The number of benzene rings is 2. The van der Waals surface area contributed by atoms with Gasteiger partial charge in [-0.1, -0.05) is 12.1 Å². The summed E-state index contributed by atoms with van der Waals surface area (Å²) in [6.07, 6.45) is 0.428. The van der Waals surface area contributed by atoms with Gasteiger partial charge in [-0.3, -0.25) is 4.79 Å². The van der Waals surface area contributed by atoms with Crippen LogP contribution in [-0.4, -0.2) is 19.2 Å². The molecule has 5 heteroatoms. The Balaban J connectivity index is 1.43. The highest BCUT2D eigenvalue weighted by Gasteiger charge is 2.13. The molecular weight excluding hydrogens is 304 g/mol. The average Bonchev–Trinajstić information content (AvgIpc) is 2.99. The molecule has 5 nitrogen and oxygen atoms in total. The summed E-state index contributed by atoms with van der Waals surface area (Å²) in [6.45, 7) is 5.48. The number of aryl methyl sites for hydroxylation is 2. The van der Waals surface area contributed by atoms with Crippen molar-refractivity contribution in [2.75, 3.05) is 18.7 Å². The Morgan fingerprint density at radius 2 is 1.79 bits per heavy atom. The number of rotatable bonds is 6. The van der Waals surface area contributed by atoms with Crippen molar-refractivity contribution in [1.82, 2.24) is 5.32 Å². The minimum atomic E-state index is 0.0181. The number of fused-ring (bicyclic) bond motifs is 1. The summed E-state index contributed by atoms with van der Waals surface area (Å²) in [6, 6.07) is 12.0. The second kappa shape index (κ2) is 7.25. The van der Waals surface area contributed by atoms with Crippen LogP contribution >= 0.6 is 0 Å². The third-order valence-electron chi connectivity index (χ3n) is 3.83. The lowest BCUT2D eigenvalue weighted by Gasteiger charge is -2.09. The van der Waals surface area contributed by atoms with Crippen molar-refractivity contribution >= 4 is 11.6 Å². The SMILES string of the molecule is Cc1cc(C)cc(NCCC(=O)NCc2ccc3c(c2)OCO3)c1. The Morgan fingerprint density at radius 1 is 1.04 bits per heavy atom. The van der Waals surface area contributed by atoms with E-state index in [2.05, 4.69) is 42.7 Å². The van der Waals surface area contributed by atoms with Gasteiger partial charge in [-0.2, -0.15) is 0 Å². The van der Waals surface area contributed by atoms with Gasteiger partial charge < -0.3 is 20.1 Å². The van der Waals surface area contributed by atoms with Gasteiger partial charge in [0.05, 0.1) is 0 Å². The first-order valence-electron chi connectivity index (χ1n) is 8.07. The Morgan fingerprint density at radius 3 is 2.58 bits per heavy atom. The number of ether oxygens (including phenoxy) is 2. The summed E-state index contributed by atoms with van der Waals surface area (Å²) in [5, 5.41) is 6.22. The lowest BCUT2D eigenvalue weighted by atomic mass is 10.1. The van der Waals surface area contributed by atoms with Crippen LogP contribution < -0.4 is 20.1 Å². The van der Waals surface area contributed by atoms with Crippen LogP contribution in [0.5, 0.6) is 11.5 Å². The van der Waals surface area contributed by atoms with E-state index in [4.69, 9.17) is 9.47 Å². The third kappa shape index (κ3) is 4.19. The summed E-state index contributed by atoms with van der Waals surface area (Å²) < 4.78 is 10.6. The maximum atomic E-state index is 12.0. The summed E-state index contributed by atoms with van der Waals surface area (Å²) in [7, 11) is 0. The summed E-state index contributed by atoms with van der Waals surface area (Å²) in [5.41, 5.74) is 4.47. The molecule has 1 amide bonds. The standard InChI is InChI=1S/C19H22N2O3/c1-13-7-14(2)9-16(8-13)20-6-5-19(22)21-11-15-3-4-17-18(10-15)24-12-23-17/h3-4,7-10,20H,5-6,11-12H2,1-2H3,(H,21,22). The number of carbonyl (C=O) groups excluding carboxylic acids is 1. The van der Waals surface area contributed by atoms with E-state index in [9.17, 15) is 4.79 Å². The molecule has 1 heterocycles. The van der Waals surface area contributed by atoms with Gasteiger partial charge in [0.15, 0.2) is 11.5 Å². The van der Waals surface area contributed by atoms with Crippen molar-refractivity contribution in [3.63, 3.8) is 0 Å². The normalized spacial score (nSPS) is 12.1. The molecule has 0 radical (unpaired) electrons. The van der Waals surface area contributed by atoms with Crippen molar-refractivity contribution in [3.8, 4) is 11.5 Å². The summed E-state index contributed by atoms with van der Waals surface area (Å²) >= 11 is 0. The second-order valence-electron chi connectivity index (χ2n) is 6.02. The first-order valence-corrected chi connectivity index (χ1v) is 8.07. The zero-order chi connectivity index (χ0) is 16.9. The lowest BCUT2D eigenvalue weighted by Crippen LogP contribution is -2.24. The number of anilines is 1. The Hall–Kier alpha value is -2.69. The van der Waals surface area contributed by atoms with E-state index < -0.39 is 0 Å². The first kappa shape index (κ1) is 16.2. The molecule has 0 atom stereocenters. The second-order valence-corrected chi connectivity index (χ2v) is 6.02. The molecule has 24 heavy (non-hydrogen) atoms. The molecule has 0 bridgehead atoms. The molecule has 0 aliphatic carbocycles. The molecule has 3 rings (SSSR count). The van der Waals surface area contributed by atoms with Crippen molar-refractivity contribution in [2.24, 2.45) is 0 Å². The topological polar surface area (TPSA) is 59.6 Å². The molecule has 0 aromatic heterocycles. The van der Waals surface area contributed by atoms with Crippen LogP contribution in [0.15, 0.2) is 36.4 Å². The van der Waals surface area contributed by atoms with Crippen molar-refractivity contribution in [2.45, 2.75) is 26.8 Å². The number of hydrogen-bond acceptors (Lipinski definition) is 4. The van der Waals surface area contributed by atoms with E-state index >= 15 is 0 Å². The maximum absolute atomic E-state index is 12.0. The van der Waals surface area contributed by atoms with Gasteiger partial charge in [0, 0.05) is 25.2 Å². The number of hydrogen-bond donors (Lipinski definition) is 2. The largest absolute Gasteiger partial charge is 0.454 e. The monoisotopic (exact) mass is 326 g/mol. The molecule has 0 saturated heterocycles. The van der Waals surface area contributed by atoms with Gasteiger partial charge in [-0.25, -0.2) is 0 Å². The molecule has 0 saturated carbocycles. The van der Waals surface area contributed by atoms with E-state index in [1.165, 1.54) is 11.1 Å². The molecule has 0 fully saturated rings. The molecule has 126 valence electrons. The lowest BCUT2D eigenvalue weighted by molar-refractivity contribution is -0.121.